The van der Waals surface area contributed by atoms with E-state index in [9.17, 15) is 0 Å². The van der Waals surface area contributed by atoms with E-state index < -0.39 is 0 Å². The topological polar surface area (TPSA) is 51.8 Å². The molecule has 1 fully saturated rings. The molecule has 1 aromatic heterocycles. The number of aromatic nitrogens is 2. The van der Waals surface area contributed by atoms with Crippen LogP contribution in [0.1, 0.15) is 42.9 Å². The highest BCUT2D eigenvalue weighted by molar-refractivity contribution is 5.55. The first-order valence-corrected chi connectivity index (χ1v) is 6.99. The molecule has 19 heavy (non-hydrogen) atoms. The Morgan fingerprint density at radius 2 is 1.79 bits per heavy atom. The summed E-state index contributed by atoms with van der Waals surface area (Å²) >= 11 is 0. The summed E-state index contributed by atoms with van der Waals surface area (Å²) in [7, 11) is 0. The third kappa shape index (κ3) is 2.66. The molecule has 1 aliphatic rings. The fourth-order valence-corrected chi connectivity index (χ4v) is 2.75. The lowest BCUT2D eigenvalue weighted by Crippen LogP contribution is -2.00. The van der Waals surface area contributed by atoms with Gasteiger partial charge < -0.3 is 5.73 Å². The Kier molecular flexibility index (Phi) is 3.56. The van der Waals surface area contributed by atoms with Gasteiger partial charge in [0.15, 0.2) is 5.82 Å². The van der Waals surface area contributed by atoms with Crippen LogP contribution in [0.25, 0.3) is 11.4 Å². The monoisotopic (exact) mass is 253 g/mol. The second-order valence-corrected chi connectivity index (χ2v) is 5.19. The first-order valence-electron chi connectivity index (χ1n) is 6.99. The van der Waals surface area contributed by atoms with Crippen molar-refractivity contribution in [2.45, 2.75) is 38.1 Å². The Hall–Kier alpha value is -1.74. The third-order valence-electron chi connectivity index (χ3n) is 3.90. The Labute approximate surface area is 113 Å². The van der Waals surface area contributed by atoms with Gasteiger partial charge in [-0.15, -0.1) is 0 Å². The third-order valence-corrected chi connectivity index (χ3v) is 3.90. The Morgan fingerprint density at radius 3 is 2.47 bits per heavy atom. The summed E-state index contributed by atoms with van der Waals surface area (Å²) in [6.07, 6.45) is 7.07. The highest BCUT2D eigenvalue weighted by atomic mass is 14.9. The van der Waals surface area contributed by atoms with Gasteiger partial charge in [0.25, 0.3) is 0 Å². The molecule has 0 aliphatic heterocycles. The summed E-state index contributed by atoms with van der Waals surface area (Å²) in [6, 6.07) is 10.3. The second-order valence-electron chi connectivity index (χ2n) is 5.19. The number of rotatable bonds is 3. The maximum atomic E-state index is 5.61. The largest absolute Gasteiger partial charge is 0.326 e. The molecule has 3 heteroatoms. The lowest BCUT2D eigenvalue weighted by atomic mass is 10.0. The number of nitrogens with zero attached hydrogens (tertiary/aromatic N) is 2. The zero-order valence-electron chi connectivity index (χ0n) is 11.0. The van der Waals surface area contributed by atoms with Crippen LogP contribution in [0, 0.1) is 0 Å². The van der Waals surface area contributed by atoms with Crippen molar-refractivity contribution in [3.05, 3.63) is 47.8 Å². The molecule has 3 nitrogen and oxygen atoms in total. The average molecular weight is 253 g/mol. The van der Waals surface area contributed by atoms with E-state index in [4.69, 9.17) is 10.7 Å². The van der Waals surface area contributed by atoms with Crippen LogP contribution < -0.4 is 5.73 Å². The summed E-state index contributed by atoms with van der Waals surface area (Å²) in [5.74, 6) is 1.46. The van der Waals surface area contributed by atoms with Gasteiger partial charge in [-0.1, -0.05) is 37.1 Å². The van der Waals surface area contributed by atoms with Gasteiger partial charge in [-0.2, -0.15) is 0 Å². The molecule has 2 aromatic rings. The zero-order chi connectivity index (χ0) is 13.1. The molecule has 0 unspecified atom stereocenters. The van der Waals surface area contributed by atoms with E-state index in [-0.39, 0.29) is 0 Å². The highest BCUT2D eigenvalue weighted by Gasteiger charge is 2.18. The van der Waals surface area contributed by atoms with Crippen molar-refractivity contribution in [1.29, 1.82) is 0 Å². The van der Waals surface area contributed by atoms with Gasteiger partial charge in [-0.3, -0.25) is 0 Å². The van der Waals surface area contributed by atoms with Crippen molar-refractivity contribution < 1.29 is 0 Å². The van der Waals surface area contributed by atoms with Crippen molar-refractivity contribution in [3.63, 3.8) is 0 Å². The molecule has 0 amide bonds. The molecule has 0 bridgehead atoms. The predicted octanol–water partition coefficient (Wildman–Crippen LogP) is 3.26. The molecule has 0 saturated heterocycles. The minimum Gasteiger partial charge on any atom is -0.326 e. The van der Waals surface area contributed by atoms with E-state index in [1.54, 1.807) is 0 Å². The second kappa shape index (κ2) is 5.49. The van der Waals surface area contributed by atoms with Gasteiger partial charge >= 0.3 is 0 Å². The van der Waals surface area contributed by atoms with E-state index in [2.05, 4.69) is 23.2 Å². The number of nitrogens with two attached hydrogens (primary N) is 1. The van der Waals surface area contributed by atoms with Crippen LogP contribution in [0.15, 0.2) is 36.5 Å². The van der Waals surface area contributed by atoms with Crippen molar-refractivity contribution in [2.75, 3.05) is 0 Å². The fraction of sp³-hybridized carbons (Fsp3) is 0.375. The molecule has 1 aliphatic carbocycles. The van der Waals surface area contributed by atoms with Gasteiger partial charge in [0, 0.05) is 29.9 Å². The van der Waals surface area contributed by atoms with Crippen molar-refractivity contribution in [3.8, 4) is 11.4 Å². The van der Waals surface area contributed by atoms with Crippen LogP contribution in [0.5, 0.6) is 0 Å². The fourth-order valence-electron chi connectivity index (χ4n) is 2.75. The molecule has 2 N–H and O–H groups in total. The molecule has 3 rings (SSSR count). The van der Waals surface area contributed by atoms with E-state index in [1.807, 2.05) is 18.3 Å². The van der Waals surface area contributed by atoms with Gasteiger partial charge in [-0.05, 0) is 24.5 Å². The zero-order valence-corrected chi connectivity index (χ0v) is 11.0. The van der Waals surface area contributed by atoms with Gasteiger partial charge in [-0.25, -0.2) is 9.97 Å². The van der Waals surface area contributed by atoms with Gasteiger partial charge in [0.1, 0.15) is 0 Å². The Bertz CT molecular complexity index is 542. The summed E-state index contributed by atoms with van der Waals surface area (Å²) in [4.78, 5) is 9.13. The minimum absolute atomic E-state index is 0.573. The van der Waals surface area contributed by atoms with E-state index in [0.29, 0.717) is 12.5 Å². The first-order chi connectivity index (χ1) is 9.36. The smallest absolute Gasteiger partial charge is 0.159 e. The Balaban J connectivity index is 1.89. The summed E-state index contributed by atoms with van der Waals surface area (Å²) in [5.41, 5.74) is 9.02. The maximum absolute atomic E-state index is 5.61. The molecule has 0 radical (unpaired) electrons. The van der Waals surface area contributed by atoms with Crippen LogP contribution in [0.3, 0.4) is 0 Å². The summed E-state index contributed by atoms with van der Waals surface area (Å²) in [6.45, 7) is 0.573. The quantitative estimate of drug-likeness (QED) is 0.913. The summed E-state index contributed by atoms with van der Waals surface area (Å²) in [5, 5.41) is 0. The number of benzene rings is 1. The predicted molar refractivity (Wildman–Crippen MR) is 76.6 cm³/mol. The van der Waals surface area contributed by atoms with E-state index in [0.717, 1.165) is 17.0 Å². The highest BCUT2D eigenvalue weighted by Crippen LogP contribution is 2.33. The maximum Gasteiger partial charge on any atom is 0.159 e. The molecular formula is C16H19N3. The molecule has 98 valence electrons. The lowest BCUT2D eigenvalue weighted by molar-refractivity contribution is 0.695. The molecule has 0 spiro atoms. The van der Waals surface area contributed by atoms with Crippen LogP contribution in [0.2, 0.25) is 0 Å². The van der Waals surface area contributed by atoms with Gasteiger partial charge in [0.05, 0.1) is 0 Å². The normalized spacial score (nSPS) is 15.8. The minimum atomic E-state index is 0.573. The number of hydrogen-bond donors (Lipinski definition) is 1. The van der Waals surface area contributed by atoms with Crippen LogP contribution in [-0.4, -0.2) is 9.97 Å². The van der Waals surface area contributed by atoms with Crippen molar-refractivity contribution >= 4 is 0 Å². The molecule has 1 heterocycles. The van der Waals surface area contributed by atoms with Gasteiger partial charge in [0.2, 0.25) is 0 Å². The first kappa shape index (κ1) is 12.3. The molecule has 0 atom stereocenters. The van der Waals surface area contributed by atoms with Crippen LogP contribution in [0.4, 0.5) is 0 Å². The lowest BCUT2D eigenvalue weighted by Gasteiger charge is -2.09. The molecular weight excluding hydrogens is 234 g/mol. The molecule has 1 aromatic carbocycles. The standard InChI is InChI=1S/C16H19N3/c17-11-12-5-7-14(8-6-12)16-18-10-9-15(19-16)13-3-1-2-4-13/h5-10,13H,1-4,11,17H2. The average Bonchev–Trinajstić information content (AvgIpc) is 3.02. The number of hydrogen-bond acceptors (Lipinski definition) is 3. The summed E-state index contributed by atoms with van der Waals surface area (Å²) < 4.78 is 0. The van der Waals surface area contributed by atoms with Crippen LogP contribution >= 0.6 is 0 Å². The van der Waals surface area contributed by atoms with Crippen molar-refractivity contribution in [2.24, 2.45) is 5.73 Å². The van der Waals surface area contributed by atoms with Crippen LogP contribution in [-0.2, 0) is 6.54 Å². The SMILES string of the molecule is NCc1ccc(-c2nccc(C3CCCC3)n2)cc1. The van der Waals surface area contributed by atoms with E-state index >= 15 is 0 Å². The van der Waals surface area contributed by atoms with Crippen molar-refractivity contribution in [1.82, 2.24) is 9.97 Å². The molecule has 1 saturated carbocycles. The van der Waals surface area contributed by atoms with E-state index in [1.165, 1.54) is 31.4 Å². The Morgan fingerprint density at radius 1 is 1.05 bits per heavy atom.